The first-order valence-corrected chi connectivity index (χ1v) is 10.6. The van der Waals surface area contributed by atoms with Gasteiger partial charge in [-0.1, -0.05) is 39.0 Å². The Balaban J connectivity index is 1.63. The summed E-state index contributed by atoms with van der Waals surface area (Å²) >= 11 is 0. The van der Waals surface area contributed by atoms with Gasteiger partial charge in [0.15, 0.2) is 5.69 Å². The Bertz CT molecular complexity index is 920. The lowest BCUT2D eigenvalue weighted by molar-refractivity contribution is -0.136. The first-order chi connectivity index (χ1) is 14.6. The van der Waals surface area contributed by atoms with E-state index in [1.807, 2.05) is 17.0 Å². The van der Waals surface area contributed by atoms with Crippen LogP contribution >= 0.6 is 0 Å². The summed E-state index contributed by atoms with van der Waals surface area (Å²) < 4.78 is 46.0. The summed E-state index contributed by atoms with van der Waals surface area (Å²) in [5.74, 6) is 1.32. The third-order valence-corrected chi connectivity index (χ3v) is 5.51. The SMILES string of the molecule is [C-]#[N+]c1ccc(N(CCCOc2ccc(C(C)(C)C)cc2)CC2CC2)cc1C(F)(F)F. The van der Waals surface area contributed by atoms with Crippen molar-refractivity contribution in [1.29, 1.82) is 0 Å². The number of alkyl halides is 3. The molecule has 1 aliphatic carbocycles. The monoisotopic (exact) mass is 430 g/mol. The van der Waals surface area contributed by atoms with Crippen molar-refractivity contribution in [3.05, 3.63) is 65.0 Å². The van der Waals surface area contributed by atoms with Gasteiger partial charge in [-0.2, -0.15) is 13.2 Å². The molecule has 0 unspecified atom stereocenters. The molecule has 0 bridgehead atoms. The van der Waals surface area contributed by atoms with E-state index < -0.39 is 11.7 Å². The smallest absolute Gasteiger partial charge is 0.407 e. The minimum atomic E-state index is -4.54. The zero-order valence-electron chi connectivity index (χ0n) is 18.3. The minimum Gasteiger partial charge on any atom is -0.494 e. The van der Waals surface area contributed by atoms with Gasteiger partial charge in [0.05, 0.1) is 18.7 Å². The van der Waals surface area contributed by atoms with Gasteiger partial charge in [0.2, 0.25) is 0 Å². The van der Waals surface area contributed by atoms with Gasteiger partial charge in [-0.05, 0) is 60.4 Å². The number of anilines is 1. The van der Waals surface area contributed by atoms with E-state index in [1.54, 1.807) is 6.07 Å². The van der Waals surface area contributed by atoms with Crippen molar-refractivity contribution in [2.45, 2.75) is 51.6 Å². The molecule has 0 N–H and O–H groups in total. The van der Waals surface area contributed by atoms with Crippen molar-refractivity contribution < 1.29 is 17.9 Å². The average molecular weight is 431 g/mol. The molecule has 0 aliphatic heterocycles. The van der Waals surface area contributed by atoms with Crippen LogP contribution in [0.3, 0.4) is 0 Å². The van der Waals surface area contributed by atoms with Gasteiger partial charge in [-0.25, -0.2) is 4.85 Å². The molecule has 6 heteroatoms. The summed E-state index contributed by atoms with van der Waals surface area (Å²) in [4.78, 5) is 5.03. The number of benzene rings is 2. The maximum Gasteiger partial charge on any atom is 0.407 e. The zero-order valence-corrected chi connectivity index (χ0v) is 18.3. The molecule has 2 aromatic carbocycles. The maximum atomic E-state index is 13.4. The lowest BCUT2D eigenvalue weighted by Gasteiger charge is -2.26. The van der Waals surface area contributed by atoms with Crippen LogP contribution in [0.5, 0.6) is 5.75 Å². The highest BCUT2D eigenvalue weighted by molar-refractivity contribution is 5.62. The molecule has 31 heavy (non-hydrogen) atoms. The van der Waals surface area contributed by atoms with Crippen molar-refractivity contribution >= 4 is 11.4 Å². The maximum absolute atomic E-state index is 13.4. The second-order valence-electron chi connectivity index (χ2n) is 9.18. The fourth-order valence-corrected chi connectivity index (χ4v) is 3.48. The first-order valence-electron chi connectivity index (χ1n) is 10.6. The molecule has 1 aliphatic rings. The summed E-state index contributed by atoms with van der Waals surface area (Å²) in [7, 11) is 0. The highest BCUT2D eigenvalue weighted by atomic mass is 19.4. The molecule has 3 nitrogen and oxygen atoms in total. The molecule has 2 aromatic rings. The number of rotatable bonds is 8. The van der Waals surface area contributed by atoms with Crippen molar-refractivity contribution in [3.63, 3.8) is 0 Å². The van der Waals surface area contributed by atoms with Crippen molar-refractivity contribution in [2.75, 3.05) is 24.6 Å². The summed E-state index contributed by atoms with van der Waals surface area (Å²) in [5.41, 5.74) is 0.612. The summed E-state index contributed by atoms with van der Waals surface area (Å²) in [6.45, 7) is 15.3. The van der Waals surface area contributed by atoms with Gasteiger partial charge in [-0.15, -0.1) is 0 Å². The van der Waals surface area contributed by atoms with Gasteiger partial charge in [-0.3, -0.25) is 0 Å². The van der Waals surface area contributed by atoms with Crippen molar-refractivity contribution in [2.24, 2.45) is 5.92 Å². The van der Waals surface area contributed by atoms with Gasteiger partial charge < -0.3 is 9.64 Å². The van der Waals surface area contributed by atoms with Crippen LogP contribution in [0.15, 0.2) is 42.5 Å². The van der Waals surface area contributed by atoms with Gasteiger partial charge >= 0.3 is 6.18 Å². The second-order valence-corrected chi connectivity index (χ2v) is 9.18. The largest absolute Gasteiger partial charge is 0.494 e. The molecule has 0 spiro atoms. The molecule has 1 saturated carbocycles. The fraction of sp³-hybridized carbons (Fsp3) is 0.480. The molecule has 0 heterocycles. The van der Waals surface area contributed by atoms with Crippen LogP contribution in [0.1, 0.15) is 51.2 Å². The zero-order chi connectivity index (χ0) is 22.6. The minimum absolute atomic E-state index is 0.0832. The highest BCUT2D eigenvalue weighted by Crippen LogP contribution is 2.39. The Morgan fingerprint density at radius 1 is 1.06 bits per heavy atom. The van der Waals surface area contributed by atoms with Gasteiger partial charge in [0, 0.05) is 18.8 Å². The van der Waals surface area contributed by atoms with Crippen LogP contribution in [0.2, 0.25) is 0 Å². The Morgan fingerprint density at radius 2 is 1.74 bits per heavy atom. The predicted molar refractivity (Wildman–Crippen MR) is 118 cm³/mol. The highest BCUT2D eigenvalue weighted by Gasteiger charge is 2.34. The number of nitrogens with zero attached hydrogens (tertiary/aromatic N) is 2. The standard InChI is InChI=1S/C25H29F3N2O/c1-24(2,3)19-8-11-21(12-9-19)31-15-5-14-30(17-18-6-7-18)20-10-13-23(29-4)22(16-20)25(26,27)28/h8-13,16,18H,5-7,14-15,17H2,1-3H3. The molecular weight excluding hydrogens is 401 g/mol. The normalized spacial score (nSPS) is 14.2. The molecule has 0 aromatic heterocycles. The third kappa shape index (κ3) is 6.40. The van der Waals surface area contributed by atoms with Crippen LogP contribution in [0.4, 0.5) is 24.5 Å². The van der Waals surface area contributed by atoms with E-state index in [4.69, 9.17) is 11.3 Å². The quantitative estimate of drug-likeness (QED) is 0.324. The van der Waals surface area contributed by atoms with Crippen LogP contribution in [0, 0.1) is 12.5 Å². The predicted octanol–water partition coefficient (Wildman–Crippen LogP) is 7.24. The first kappa shape index (κ1) is 23.0. The molecular formula is C25H29F3N2O. The Hall–Kier alpha value is -2.68. The van der Waals surface area contributed by atoms with Crippen LogP contribution < -0.4 is 9.64 Å². The van der Waals surface area contributed by atoms with Gasteiger partial charge in [0.25, 0.3) is 0 Å². The topological polar surface area (TPSA) is 16.8 Å². The lowest BCUT2D eigenvalue weighted by Crippen LogP contribution is -2.28. The van der Waals surface area contributed by atoms with Crippen LogP contribution in [0.25, 0.3) is 4.85 Å². The van der Waals surface area contributed by atoms with Crippen molar-refractivity contribution in [3.8, 4) is 5.75 Å². The molecule has 1 fully saturated rings. The molecule has 166 valence electrons. The van der Waals surface area contributed by atoms with E-state index in [0.29, 0.717) is 31.2 Å². The number of halogens is 3. The fourth-order valence-electron chi connectivity index (χ4n) is 3.48. The van der Waals surface area contributed by atoms with E-state index in [-0.39, 0.29) is 11.1 Å². The number of hydrogen-bond donors (Lipinski definition) is 0. The molecule has 3 rings (SSSR count). The Labute approximate surface area is 182 Å². The summed E-state index contributed by atoms with van der Waals surface area (Å²) in [6, 6.07) is 12.1. The third-order valence-electron chi connectivity index (χ3n) is 5.51. The molecule has 0 amide bonds. The van der Waals surface area contributed by atoms with Crippen molar-refractivity contribution in [1.82, 2.24) is 0 Å². The van der Waals surface area contributed by atoms with E-state index in [1.165, 1.54) is 11.6 Å². The van der Waals surface area contributed by atoms with E-state index in [9.17, 15) is 13.2 Å². The molecule has 0 radical (unpaired) electrons. The second kappa shape index (κ2) is 9.21. The lowest BCUT2D eigenvalue weighted by atomic mass is 9.87. The van der Waals surface area contributed by atoms with Crippen LogP contribution in [-0.2, 0) is 11.6 Å². The van der Waals surface area contributed by atoms with Gasteiger partial charge in [0.1, 0.15) is 5.75 Å². The van der Waals surface area contributed by atoms with E-state index >= 15 is 0 Å². The molecule has 0 atom stereocenters. The number of hydrogen-bond acceptors (Lipinski definition) is 2. The average Bonchev–Trinajstić information content (AvgIpc) is 3.53. The van der Waals surface area contributed by atoms with E-state index in [0.717, 1.165) is 31.2 Å². The molecule has 0 saturated heterocycles. The van der Waals surface area contributed by atoms with E-state index in [2.05, 4.69) is 37.7 Å². The number of ether oxygens (including phenoxy) is 1. The summed E-state index contributed by atoms with van der Waals surface area (Å²) in [6.07, 6.45) is -1.62. The van der Waals surface area contributed by atoms with Crippen LogP contribution in [-0.4, -0.2) is 19.7 Å². The Kier molecular flexibility index (Phi) is 6.83. The Morgan fingerprint density at radius 3 is 2.29 bits per heavy atom. The summed E-state index contributed by atoms with van der Waals surface area (Å²) in [5, 5.41) is 0.